The fourth-order valence-electron chi connectivity index (χ4n) is 2.50. The number of amides is 1. The molecule has 0 radical (unpaired) electrons. The predicted molar refractivity (Wildman–Crippen MR) is 84.9 cm³/mol. The molecule has 1 amide bonds. The van der Waals surface area contributed by atoms with Crippen molar-refractivity contribution in [1.29, 1.82) is 0 Å². The Kier molecular flexibility index (Phi) is 4.89. The Morgan fingerprint density at radius 1 is 1.35 bits per heavy atom. The highest BCUT2D eigenvalue weighted by Crippen LogP contribution is 2.39. The largest absolute Gasteiger partial charge is 0.504 e. The van der Waals surface area contributed by atoms with Crippen molar-refractivity contribution in [3.05, 3.63) is 17.7 Å². The zero-order chi connectivity index (χ0) is 17.2. The summed E-state index contributed by atoms with van der Waals surface area (Å²) in [7, 11) is 1.41. The van der Waals surface area contributed by atoms with Crippen LogP contribution in [0.2, 0.25) is 0 Å². The maximum Gasteiger partial charge on any atom is 0.410 e. The van der Waals surface area contributed by atoms with E-state index in [1.54, 1.807) is 11.0 Å². The number of hydrogen-bond acceptors (Lipinski definition) is 6. The van der Waals surface area contributed by atoms with Gasteiger partial charge in [0.05, 0.1) is 13.2 Å². The molecule has 3 N–H and O–H groups in total. The zero-order valence-corrected chi connectivity index (χ0v) is 13.9. The number of benzene rings is 1. The second-order valence-corrected chi connectivity index (χ2v) is 6.48. The van der Waals surface area contributed by atoms with E-state index in [1.165, 1.54) is 13.2 Å². The molecule has 1 unspecified atom stereocenters. The van der Waals surface area contributed by atoms with Crippen LogP contribution in [0.5, 0.6) is 17.2 Å². The Morgan fingerprint density at radius 3 is 2.65 bits per heavy atom. The van der Waals surface area contributed by atoms with Gasteiger partial charge in [0, 0.05) is 19.6 Å². The van der Waals surface area contributed by atoms with Crippen molar-refractivity contribution in [1.82, 2.24) is 10.2 Å². The highest BCUT2D eigenvalue weighted by Gasteiger charge is 2.32. The van der Waals surface area contributed by atoms with Crippen LogP contribution in [0, 0.1) is 0 Å². The van der Waals surface area contributed by atoms with E-state index in [0.717, 1.165) is 0 Å². The zero-order valence-electron chi connectivity index (χ0n) is 13.9. The number of carbonyl (C=O) groups excluding carboxylic acids is 1. The summed E-state index contributed by atoms with van der Waals surface area (Å²) in [5, 5.41) is 22.8. The van der Waals surface area contributed by atoms with E-state index in [0.29, 0.717) is 25.2 Å². The van der Waals surface area contributed by atoms with Gasteiger partial charge in [-0.15, -0.1) is 0 Å². The molecule has 1 aliphatic heterocycles. The number of methoxy groups -OCH3 is 1. The van der Waals surface area contributed by atoms with Crippen molar-refractivity contribution in [2.24, 2.45) is 0 Å². The lowest BCUT2D eigenvalue weighted by Crippen LogP contribution is -2.50. The van der Waals surface area contributed by atoms with Crippen LogP contribution in [-0.4, -0.2) is 53.6 Å². The van der Waals surface area contributed by atoms with Gasteiger partial charge in [0.15, 0.2) is 11.5 Å². The third-order valence-electron chi connectivity index (χ3n) is 3.55. The number of rotatable bonds is 2. The molecule has 7 heteroatoms. The average Bonchev–Trinajstić information content (AvgIpc) is 2.48. The number of piperazine rings is 1. The topological polar surface area (TPSA) is 91.3 Å². The quantitative estimate of drug-likeness (QED) is 0.721. The number of carbonyl (C=O) groups is 1. The first kappa shape index (κ1) is 17.2. The molecule has 1 heterocycles. The van der Waals surface area contributed by atoms with Gasteiger partial charge in [-0.1, -0.05) is 0 Å². The Bertz CT molecular complexity index is 583. The van der Waals surface area contributed by atoms with Crippen LogP contribution in [-0.2, 0) is 4.74 Å². The second kappa shape index (κ2) is 6.54. The minimum absolute atomic E-state index is 0.162. The molecule has 1 fully saturated rings. The number of aromatic hydroxyl groups is 2. The van der Waals surface area contributed by atoms with E-state index < -0.39 is 11.7 Å². The SMILES string of the molecule is COc1cc(C2CNCCN2C(=O)OC(C)(C)C)cc(O)c1O. The Morgan fingerprint density at radius 2 is 2.04 bits per heavy atom. The molecule has 2 rings (SSSR count). The van der Waals surface area contributed by atoms with Crippen LogP contribution in [0.25, 0.3) is 0 Å². The lowest BCUT2D eigenvalue weighted by atomic mass is 10.0. The smallest absolute Gasteiger partial charge is 0.410 e. The normalized spacial score (nSPS) is 18.6. The first-order valence-corrected chi connectivity index (χ1v) is 7.53. The van der Waals surface area contributed by atoms with E-state index >= 15 is 0 Å². The Balaban J connectivity index is 2.31. The van der Waals surface area contributed by atoms with Crippen molar-refractivity contribution in [2.75, 3.05) is 26.7 Å². The van der Waals surface area contributed by atoms with Crippen LogP contribution >= 0.6 is 0 Å². The summed E-state index contributed by atoms with van der Waals surface area (Å²) in [6.45, 7) is 7.12. The number of nitrogens with zero attached hydrogens (tertiary/aromatic N) is 1. The molecule has 1 aromatic carbocycles. The Hall–Kier alpha value is -2.15. The van der Waals surface area contributed by atoms with E-state index in [-0.39, 0.29) is 23.3 Å². The third-order valence-corrected chi connectivity index (χ3v) is 3.55. The van der Waals surface area contributed by atoms with Gasteiger partial charge >= 0.3 is 6.09 Å². The minimum atomic E-state index is -0.582. The second-order valence-electron chi connectivity index (χ2n) is 6.48. The number of nitrogens with one attached hydrogen (secondary N) is 1. The van der Waals surface area contributed by atoms with Crippen molar-refractivity contribution in [3.8, 4) is 17.2 Å². The molecule has 7 nitrogen and oxygen atoms in total. The molecule has 128 valence electrons. The monoisotopic (exact) mass is 324 g/mol. The van der Waals surface area contributed by atoms with E-state index in [4.69, 9.17) is 9.47 Å². The minimum Gasteiger partial charge on any atom is -0.504 e. The summed E-state index contributed by atoms with van der Waals surface area (Å²) in [4.78, 5) is 14.1. The van der Waals surface area contributed by atoms with E-state index in [2.05, 4.69) is 5.32 Å². The van der Waals surface area contributed by atoms with Crippen LogP contribution < -0.4 is 10.1 Å². The van der Waals surface area contributed by atoms with Crippen LogP contribution in [0.15, 0.2) is 12.1 Å². The summed E-state index contributed by atoms with van der Waals surface area (Å²) in [5.41, 5.74) is 0.0802. The first-order chi connectivity index (χ1) is 10.7. The third kappa shape index (κ3) is 3.98. The van der Waals surface area contributed by atoms with Gasteiger partial charge in [0.2, 0.25) is 5.75 Å². The fourth-order valence-corrected chi connectivity index (χ4v) is 2.50. The maximum absolute atomic E-state index is 12.4. The molecule has 1 saturated heterocycles. The highest BCUT2D eigenvalue weighted by atomic mass is 16.6. The lowest BCUT2D eigenvalue weighted by Gasteiger charge is -2.37. The van der Waals surface area contributed by atoms with E-state index in [9.17, 15) is 15.0 Å². The van der Waals surface area contributed by atoms with Crippen molar-refractivity contribution in [3.63, 3.8) is 0 Å². The van der Waals surface area contributed by atoms with Gasteiger partial charge < -0.3 is 25.0 Å². The molecular weight excluding hydrogens is 300 g/mol. The standard InChI is InChI=1S/C16H24N2O5/c1-16(2,3)23-15(21)18-6-5-17-9-11(18)10-7-12(19)14(20)13(8-10)22-4/h7-8,11,17,19-20H,5-6,9H2,1-4H3. The molecule has 0 aromatic heterocycles. The van der Waals surface area contributed by atoms with Crippen LogP contribution in [0.3, 0.4) is 0 Å². The van der Waals surface area contributed by atoms with Gasteiger partial charge in [0.1, 0.15) is 5.60 Å². The highest BCUT2D eigenvalue weighted by molar-refractivity contribution is 5.69. The number of ether oxygens (including phenoxy) is 2. The number of phenols is 2. The van der Waals surface area contributed by atoms with Gasteiger partial charge in [0.25, 0.3) is 0 Å². The van der Waals surface area contributed by atoms with Gasteiger partial charge in [-0.05, 0) is 38.5 Å². The van der Waals surface area contributed by atoms with Crippen LogP contribution in [0.1, 0.15) is 32.4 Å². The van der Waals surface area contributed by atoms with Gasteiger partial charge in [-0.25, -0.2) is 4.79 Å². The molecule has 1 aromatic rings. The van der Waals surface area contributed by atoms with Gasteiger partial charge in [-0.2, -0.15) is 0 Å². The lowest BCUT2D eigenvalue weighted by molar-refractivity contribution is 0.0117. The maximum atomic E-state index is 12.4. The number of phenolic OH excluding ortho intramolecular Hbond substituents is 2. The molecule has 1 aliphatic rings. The van der Waals surface area contributed by atoms with Gasteiger partial charge in [-0.3, -0.25) is 4.90 Å². The molecule has 0 saturated carbocycles. The van der Waals surface area contributed by atoms with E-state index in [1.807, 2.05) is 20.8 Å². The number of hydrogen-bond donors (Lipinski definition) is 3. The predicted octanol–water partition coefficient (Wildman–Crippen LogP) is 1.99. The fraction of sp³-hybridized carbons (Fsp3) is 0.562. The summed E-state index contributed by atoms with van der Waals surface area (Å²) in [6, 6.07) is 2.73. The van der Waals surface area contributed by atoms with Crippen molar-refractivity contribution in [2.45, 2.75) is 32.4 Å². The molecule has 0 spiro atoms. The first-order valence-electron chi connectivity index (χ1n) is 7.53. The molecular formula is C16H24N2O5. The molecule has 0 aliphatic carbocycles. The summed E-state index contributed by atoms with van der Waals surface area (Å²) in [6.07, 6.45) is -0.407. The summed E-state index contributed by atoms with van der Waals surface area (Å²) >= 11 is 0. The summed E-state index contributed by atoms with van der Waals surface area (Å²) in [5.74, 6) is -0.437. The molecule has 23 heavy (non-hydrogen) atoms. The van der Waals surface area contributed by atoms with Crippen molar-refractivity contribution >= 4 is 6.09 Å². The summed E-state index contributed by atoms with van der Waals surface area (Å²) < 4.78 is 10.5. The molecule has 1 atom stereocenters. The van der Waals surface area contributed by atoms with Crippen LogP contribution in [0.4, 0.5) is 4.79 Å². The average molecular weight is 324 g/mol. The Labute approximate surface area is 135 Å². The molecule has 0 bridgehead atoms. The van der Waals surface area contributed by atoms with Crippen molar-refractivity contribution < 1.29 is 24.5 Å².